The standard InChI is InChI=1S/C10H14N2O2/c1-7-2-3-8(7)6-12-5-4-9(11-12)10(13)14/h4-5,7-8H,2-3,6H2,1H3,(H,13,14)/t7-,8+/m1/s1. The smallest absolute Gasteiger partial charge is 0.356 e. The fourth-order valence-electron chi connectivity index (χ4n) is 1.82. The SMILES string of the molecule is C[C@@H]1CC[C@H]1Cn1ccc(C(=O)O)n1. The molecule has 1 heterocycles. The maximum atomic E-state index is 10.6. The summed E-state index contributed by atoms with van der Waals surface area (Å²) in [6, 6.07) is 1.55. The predicted octanol–water partition coefficient (Wildman–Crippen LogP) is 1.63. The fourth-order valence-corrected chi connectivity index (χ4v) is 1.82. The third kappa shape index (κ3) is 1.64. The summed E-state index contributed by atoms with van der Waals surface area (Å²) >= 11 is 0. The number of carboxylic acids is 1. The van der Waals surface area contributed by atoms with Crippen LogP contribution in [0.5, 0.6) is 0 Å². The van der Waals surface area contributed by atoms with Crippen molar-refractivity contribution in [3.8, 4) is 0 Å². The lowest BCUT2D eigenvalue weighted by molar-refractivity contribution is 0.0688. The second kappa shape index (κ2) is 3.44. The van der Waals surface area contributed by atoms with Crippen LogP contribution in [0, 0.1) is 11.8 Å². The molecule has 0 bridgehead atoms. The van der Waals surface area contributed by atoms with Gasteiger partial charge in [-0.15, -0.1) is 0 Å². The van der Waals surface area contributed by atoms with E-state index in [4.69, 9.17) is 5.11 Å². The van der Waals surface area contributed by atoms with Gasteiger partial charge in [0.1, 0.15) is 0 Å². The quantitative estimate of drug-likeness (QED) is 0.795. The molecule has 76 valence electrons. The Morgan fingerprint density at radius 1 is 1.71 bits per heavy atom. The molecule has 1 aliphatic carbocycles. The summed E-state index contributed by atoms with van der Waals surface area (Å²) in [4.78, 5) is 10.6. The van der Waals surface area contributed by atoms with Gasteiger partial charge in [-0.05, 0) is 24.3 Å². The number of carboxylic acid groups (broad SMARTS) is 1. The van der Waals surface area contributed by atoms with Crippen molar-refractivity contribution in [3.05, 3.63) is 18.0 Å². The van der Waals surface area contributed by atoms with E-state index in [1.807, 2.05) is 0 Å². The highest BCUT2D eigenvalue weighted by molar-refractivity contribution is 5.84. The van der Waals surface area contributed by atoms with E-state index >= 15 is 0 Å². The first-order valence-corrected chi connectivity index (χ1v) is 4.93. The van der Waals surface area contributed by atoms with Crippen molar-refractivity contribution in [2.45, 2.75) is 26.3 Å². The third-order valence-corrected chi connectivity index (χ3v) is 3.08. The summed E-state index contributed by atoms with van der Waals surface area (Å²) in [5.41, 5.74) is 0.136. The molecule has 0 aromatic carbocycles. The zero-order valence-electron chi connectivity index (χ0n) is 8.18. The van der Waals surface area contributed by atoms with Crippen molar-refractivity contribution in [1.29, 1.82) is 0 Å². The predicted molar refractivity (Wildman–Crippen MR) is 51.1 cm³/mol. The molecule has 0 aliphatic heterocycles. The van der Waals surface area contributed by atoms with Gasteiger partial charge in [0.05, 0.1) is 0 Å². The van der Waals surface area contributed by atoms with E-state index in [9.17, 15) is 4.79 Å². The number of rotatable bonds is 3. The minimum Gasteiger partial charge on any atom is -0.476 e. The first-order valence-electron chi connectivity index (χ1n) is 4.93. The summed E-state index contributed by atoms with van der Waals surface area (Å²) in [5, 5.41) is 12.7. The lowest BCUT2D eigenvalue weighted by Gasteiger charge is -2.33. The summed E-state index contributed by atoms with van der Waals surface area (Å²) in [5.74, 6) is 0.481. The zero-order valence-corrected chi connectivity index (χ0v) is 8.18. The highest BCUT2D eigenvalue weighted by atomic mass is 16.4. The molecule has 4 nitrogen and oxygen atoms in total. The highest BCUT2D eigenvalue weighted by Crippen LogP contribution is 2.34. The van der Waals surface area contributed by atoms with Gasteiger partial charge in [-0.3, -0.25) is 4.68 Å². The summed E-state index contributed by atoms with van der Waals surface area (Å²) in [6.07, 6.45) is 4.27. The van der Waals surface area contributed by atoms with Crippen molar-refractivity contribution < 1.29 is 9.90 Å². The van der Waals surface area contributed by atoms with Crippen LogP contribution in [0.25, 0.3) is 0 Å². The molecule has 0 unspecified atom stereocenters. The summed E-state index contributed by atoms with van der Waals surface area (Å²) in [6.45, 7) is 3.09. The van der Waals surface area contributed by atoms with E-state index in [2.05, 4.69) is 12.0 Å². The number of nitrogens with zero attached hydrogens (tertiary/aromatic N) is 2. The van der Waals surface area contributed by atoms with Crippen LogP contribution in [-0.4, -0.2) is 20.9 Å². The topological polar surface area (TPSA) is 55.1 Å². The maximum absolute atomic E-state index is 10.6. The Labute approximate surface area is 82.5 Å². The Hall–Kier alpha value is -1.32. The number of hydrogen-bond donors (Lipinski definition) is 1. The van der Waals surface area contributed by atoms with Crippen LogP contribution in [0.2, 0.25) is 0 Å². The average molecular weight is 194 g/mol. The normalized spacial score (nSPS) is 25.8. The molecule has 1 aromatic rings. The van der Waals surface area contributed by atoms with Gasteiger partial charge in [-0.2, -0.15) is 5.10 Å². The Balaban J connectivity index is 1.99. The van der Waals surface area contributed by atoms with Gasteiger partial charge in [-0.1, -0.05) is 13.3 Å². The van der Waals surface area contributed by atoms with Crippen LogP contribution in [0.1, 0.15) is 30.3 Å². The molecule has 0 spiro atoms. The average Bonchev–Trinajstić information content (AvgIpc) is 2.60. The number of aromatic nitrogens is 2. The zero-order chi connectivity index (χ0) is 10.1. The van der Waals surface area contributed by atoms with Crippen molar-refractivity contribution in [3.63, 3.8) is 0 Å². The summed E-state index contributed by atoms with van der Waals surface area (Å²) < 4.78 is 1.74. The first-order chi connectivity index (χ1) is 6.66. The van der Waals surface area contributed by atoms with E-state index in [1.165, 1.54) is 12.8 Å². The second-order valence-corrected chi connectivity index (χ2v) is 4.04. The van der Waals surface area contributed by atoms with Crippen molar-refractivity contribution in [2.24, 2.45) is 11.8 Å². The molecule has 0 radical (unpaired) electrons. The molecular formula is C10H14N2O2. The van der Waals surface area contributed by atoms with Gasteiger partial charge in [0, 0.05) is 12.7 Å². The van der Waals surface area contributed by atoms with Crippen molar-refractivity contribution in [2.75, 3.05) is 0 Å². The number of aromatic carboxylic acids is 1. The molecular weight excluding hydrogens is 180 g/mol. The minimum absolute atomic E-state index is 0.136. The highest BCUT2D eigenvalue weighted by Gasteiger charge is 2.27. The van der Waals surface area contributed by atoms with Gasteiger partial charge in [0.2, 0.25) is 0 Å². The lowest BCUT2D eigenvalue weighted by Crippen LogP contribution is -2.27. The van der Waals surface area contributed by atoms with E-state index in [-0.39, 0.29) is 5.69 Å². The van der Waals surface area contributed by atoms with Gasteiger partial charge >= 0.3 is 5.97 Å². The van der Waals surface area contributed by atoms with Crippen LogP contribution in [0.4, 0.5) is 0 Å². The molecule has 1 saturated carbocycles. The fraction of sp³-hybridized carbons (Fsp3) is 0.600. The molecule has 1 aliphatic rings. The van der Waals surface area contributed by atoms with Gasteiger partial charge in [0.25, 0.3) is 0 Å². The molecule has 0 amide bonds. The van der Waals surface area contributed by atoms with Gasteiger partial charge < -0.3 is 5.11 Å². The molecule has 1 fully saturated rings. The number of carbonyl (C=O) groups is 1. The maximum Gasteiger partial charge on any atom is 0.356 e. The molecule has 1 N–H and O–H groups in total. The van der Waals surface area contributed by atoms with Crippen molar-refractivity contribution >= 4 is 5.97 Å². The van der Waals surface area contributed by atoms with E-state index in [0.717, 1.165) is 12.5 Å². The van der Waals surface area contributed by atoms with Gasteiger partial charge in [0.15, 0.2) is 5.69 Å². The summed E-state index contributed by atoms with van der Waals surface area (Å²) in [7, 11) is 0. The molecule has 2 rings (SSSR count). The van der Waals surface area contributed by atoms with Crippen LogP contribution in [0.3, 0.4) is 0 Å². The monoisotopic (exact) mass is 194 g/mol. The van der Waals surface area contributed by atoms with E-state index < -0.39 is 5.97 Å². The first kappa shape index (κ1) is 9.24. The van der Waals surface area contributed by atoms with E-state index in [1.54, 1.807) is 16.9 Å². The molecule has 4 heteroatoms. The Kier molecular flexibility index (Phi) is 2.27. The van der Waals surface area contributed by atoms with Crippen LogP contribution >= 0.6 is 0 Å². The second-order valence-electron chi connectivity index (χ2n) is 4.04. The lowest BCUT2D eigenvalue weighted by atomic mass is 9.75. The van der Waals surface area contributed by atoms with Crippen molar-refractivity contribution in [1.82, 2.24) is 9.78 Å². The minimum atomic E-state index is -0.953. The van der Waals surface area contributed by atoms with Crippen LogP contribution in [0.15, 0.2) is 12.3 Å². The van der Waals surface area contributed by atoms with Crippen LogP contribution < -0.4 is 0 Å². The third-order valence-electron chi connectivity index (χ3n) is 3.08. The van der Waals surface area contributed by atoms with Gasteiger partial charge in [-0.25, -0.2) is 4.79 Å². The molecule has 1 aromatic heterocycles. The Morgan fingerprint density at radius 3 is 2.93 bits per heavy atom. The largest absolute Gasteiger partial charge is 0.476 e. The number of hydrogen-bond acceptors (Lipinski definition) is 2. The molecule has 0 saturated heterocycles. The van der Waals surface area contributed by atoms with E-state index in [0.29, 0.717) is 5.92 Å². The Bertz CT molecular complexity index is 346. The Morgan fingerprint density at radius 2 is 2.50 bits per heavy atom. The molecule has 2 atom stereocenters. The van der Waals surface area contributed by atoms with Crippen LogP contribution in [-0.2, 0) is 6.54 Å². The molecule has 14 heavy (non-hydrogen) atoms.